The van der Waals surface area contributed by atoms with E-state index in [1.165, 1.54) is 0 Å². The SMILES string of the molecule is Cc1ccc(S(=O)(=O)Nc2cc(-c3ccccc3)c(-c3ccccc3)c(N)n2)cc1. The Hall–Kier alpha value is -3.64. The molecule has 3 N–H and O–H groups in total. The van der Waals surface area contributed by atoms with Gasteiger partial charge >= 0.3 is 0 Å². The fraction of sp³-hybridized carbons (Fsp3) is 0.0417. The molecule has 5 nitrogen and oxygen atoms in total. The van der Waals surface area contributed by atoms with Crippen molar-refractivity contribution in [2.45, 2.75) is 11.8 Å². The molecule has 0 radical (unpaired) electrons. The summed E-state index contributed by atoms with van der Waals surface area (Å²) in [6.45, 7) is 1.90. The van der Waals surface area contributed by atoms with Crippen molar-refractivity contribution in [1.82, 2.24) is 4.98 Å². The fourth-order valence-electron chi connectivity index (χ4n) is 3.28. The van der Waals surface area contributed by atoms with Crippen LogP contribution in [0.25, 0.3) is 22.3 Å². The standard InChI is InChI=1S/C24H21N3O2S/c1-17-12-14-20(15-13-17)30(28,29)27-22-16-21(18-8-4-2-5-9-18)23(24(25)26-22)19-10-6-3-7-11-19/h2-16H,1H3,(H3,25,26,27). The summed E-state index contributed by atoms with van der Waals surface area (Å²) in [5.41, 5.74) is 10.7. The fourth-order valence-corrected chi connectivity index (χ4v) is 4.28. The van der Waals surface area contributed by atoms with Crippen molar-refractivity contribution < 1.29 is 8.42 Å². The molecule has 0 amide bonds. The summed E-state index contributed by atoms with van der Waals surface area (Å²) in [5, 5.41) is 0. The molecule has 4 aromatic rings. The summed E-state index contributed by atoms with van der Waals surface area (Å²) >= 11 is 0. The minimum Gasteiger partial charge on any atom is -0.383 e. The molecule has 0 atom stereocenters. The van der Waals surface area contributed by atoms with E-state index in [0.29, 0.717) is 0 Å². The van der Waals surface area contributed by atoms with Gasteiger partial charge in [0.1, 0.15) is 11.6 Å². The molecule has 0 aliphatic heterocycles. The summed E-state index contributed by atoms with van der Waals surface area (Å²) in [7, 11) is -3.79. The van der Waals surface area contributed by atoms with Crippen LogP contribution >= 0.6 is 0 Å². The van der Waals surface area contributed by atoms with Crippen molar-refractivity contribution in [2.24, 2.45) is 0 Å². The van der Waals surface area contributed by atoms with Gasteiger partial charge in [-0.1, -0.05) is 78.4 Å². The summed E-state index contributed by atoms with van der Waals surface area (Å²) < 4.78 is 28.2. The van der Waals surface area contributed by atoms with Crippen LogP contribution in [0.5, 0.6) is 0 Å². The van der Waals surface area contributed by atoms with E-state index in [4.69, 9.17) is 5.73 Å². The third-order valence-corrected chi connectivity index (χ3v) is 6.14. The maximum atomic E-state index is 12.8. The van der Waals surface area contributed by atoms with Gasteiger partial charge in [0, 0.05) is 5.56 Å². The number of hydrogen-bond donors (Lipinski definition) is 2. The number of nitrogen functional groups attached to an aromatic ring is 1. The first-order valence-electron chi connectivity index (χ1n) is 9.45. The normalized spacial score (nSPS) is 11.2. The summed E-state index contributed by atoms with van der Waals surface area (Å²) in [4.78, 5) is 4.52. The largest absolute Gasteiger partial charge is 0.383 e. The number of benzene rings is 3. The minimum absolute atomic E-state index is 0.168. The van der Waals surface area contributed by atoms with Crippen LogP contribution in [-0.4, -0.2) is 13.4 Å². The predicted molar refractivity (Wildman–Crippen MR) is 122 cm³/mol. The number of pyridine rings is 1. The smallest absolute Gasteiger partial charge is 0.263 e. The maximum Gasteiger partial charge on any atom is 0.263 e. The average Bonchev–Trinajstić information content (AvgIpc) is 2.74. The van der Waals surface area contributed by atoms with Crippen LogP contribution in [0, 0.1) is 6.92 Å². The van der Waals surface area contributed by atoms with Gasteiger partial charge in [0.15, 0.2) is 0 Å². The first kappa shape index (κ1) is 19.7. The van der Waals surface area contributed by atoms with Crippen LogP contribution in [0.4, 0.5) is 11.6 Å². The Morgan fingerprint density at radius 1 is 0.800 bits per heavy atom. The van der Waals surface area contributed by atoms with Crippen LogP contribution < -0.4 is 10.5 Å². The zero-order valence-corrected chi connectivity index (χ0v) is 17.2. The van der Waals surface area contributed by atoms with Gasteiger partial charge in [-0.3, -0.25) is 4.72 Å². The van der Waals surface area contributed by atoms with E-state index < -0.39 is 10.0 Å². The molecule has 1 aromatic heterocycles. The van der Waals surface area contributed by atoms with Crippen LogP contribution in [0.1, 0.15) is 5.56 Å². The second-order valence-electron chi connectivity index (χ2n) is 6.97. The lowest BCUT2D eigenvalue weighted by molar-refractivity contribution is 0.601. The number of rotatable bonds is 5. The van der Waals surface area contributed by atoms with Gasteiger partial charge < -0.3 is 5.73 Å². The number of hydrogen-bond acceptors (Lipinski definition) is 4. The van der Waals surface area contributed by atoms with Gasteiger partial charge in [0.25, 0.3) is 10.0 Å². The molecule has 0 saturated carbocycles. The molecule has 0 saturated heterocycles. The number of nitrogens with two attached hydrogens (primary N) is 1. The van der Waals surface area contributed by atoms with Crippen LogP contribution in [0.3, 0.4) is 0 Å². The van der Waals surface area contributed by atoms with Gasteiger partial charge in [0.2, 0.25) is 0 Å². The number of anilines is 2. The zero-order valence-electron chi connectivity index (χ0n) is 16.4. The second kappa shape index (κ2) is 8.00. The molecule has 150 valence electrons. The van der Waals surface area contributed by atoms with E-state index >= 15 is 0 Å². The first-order chi connectivity index (χ1) is 14.4. The van der Waals surface area contributed by atoms with Crippen LogP contribution in [0.2, 0.25) is 0 Å². The van der Waals surface area contributed by atoms with Crippen molar-refractivity contribution in [1.29, 1.82) is 0 Å². The van der Waals surface area contributed by atoms with Crippen molar-refractivity contribution in [3.05, 3.63) is 96.6 Å². The first-order valence-corrected chi connectivity index (χ1v) is 10.9. The third-order valence-electron chi connectivity index (χ3n) is 4.76. The van der Waals surface area contributed by atoms with Gasteiger partial charge in [-0.05, 0) is 41.8 Å². The van der Waals surface area contributed by atoms with E-state index in [1.807, 2.05) is 67.6 Å². The number of nitrogens with one attached hydrogen (secondary N) is 1. The lowest BCUT2D eigenvalue weighted by atomic mass is 9.95. The zero-order chi connectivity index (χ0) is 21.1. The molecular formula is C24H21N3O2S. The minimum atomic E-state index is -3.79. The average molecular weight is 416 g/mol. The highest BCUT2D eigenvalue weighted by molar-refractivity contribution is 7.92. The summed E-state index contributed by atoms with van der Waals surface area (Å²) in [6.07, 6.45) is 0. The quantitative estimate of drug-likeness (QED) is 0.474. The Kier molecular flexibility index (Phi) is 5.25. The summed E-state index contributed by atoms with van der Waals surface area (Å²) in [6, 6.07) is 27.8. The molecule has 0 aliphatic carbocycles. The predicted octanol–water partition coefficient (Wildman–Crippen LogP) is 5.11. The lowest BCUT2D eigenvalue weighted by Crippen LogP contribution is -2.15. The Morgan fingerprint density at radius 3 is 1.97 bits per heavy atom. The molecule has 1 heterocycles. The number of aromatic nitrogens is 1. The Balaban J connectivity index is 1.83. The van der Waals surface area contributed by atoms with Crippen molar-refractivity contribution >= 4 is 21.7 Å². The topological polar surface area (TPSA) is 85.1 Å². The van der Waals surface area contributed by atoms with Crippen LogP contribution in [-0.2, 0) is 10.0 Å². The molecule has 0 spiro atoms. The van der Waals surface area contributed by atoms with E-state index in [1.54, 1.807) is 30.3 Å². The summed E-state index contributed by atoms with van der Waals surface area (Å²) in [5.74, 6) is 0.427. The highest BCUT2D eigenvalue weighted by Gasteiger charge is 2.19. The Bertz CT molecular complexity index is 1270. The van der Waals surface area contributed by atoms with Gasteiger partial charge in [-0.15, -0.1) is 0 Å². The van der Waals surface area contributed by atoms with Gasteiger partial charge in [0.05, 0.1) is 4.90 Å². The van der Waals surface area contributed by atoms with Crippen molar-refractivity contribution in [3.8, 4) is 22.3 Å². The van der Waals surface area contributed by atoms with E-state index in [0.717, 1.165) is 27.8 Å². The lowest BCUT2D eigenvalue weighted by Gasteiger charge is -2.16. The van der Waals surface area contributed by atoms with E-state index in [-0.39, 0.29) is 16.5 Å². The van der Waals surface area contributed by atoms with Crippen molar-refractivity contribution in [3.63, 3.8) is 0 Å². The molecule has 0 fully saturated rings. The number of sulfonamides is 1. The second-order valence-corrected chi connectivity index (χ2v) is 8.65. The number of aryl methyl sites for hydroxylation is 1. The Morgan fingerprint density at radius 2 is 1.37 bits per heavy atom. The molecular weight excluding hydrogens is 394 g/mol. The van der Waals surface area contributed by atoms with E-state index in [2.05, 4.69) is 9.71 Å². The highest BCUT2D eigenvalue weighted by atomic mass is 32.2. The van der Waals surface area contributed by atoms with Crippen molar-refractivity contribution in [2.75, 3.05) is 10.5 Å². The number of nitrogens with zero attached hydrogens (tertiary/aromatic N) is 1. The molecule has 0 unspecified atom stereocenters. The molecule has 6 heteroatoms. The molecule has 3 aromatic carbocycles. The molecule has 0 aliphatic rings. The van der Waals surface area contributed by atoms with E-state index in [9.17, 15) is 8.42 Å². The van der Waals surface area contributed by atoms with Crippen LogP contribution in [0.15, 0.2) is 95.9 Å². The maximum absolute atomic E-state index is 12.8. The molecule has 30 heavy (non-hydrogen) atoms. The highest BCUT2D eigenvalue weighted by Crippen LogP contribution is 2.37. The molecule has 0 bridgehead atoms. The monoisotopic (exact) mass is 415 g/mol. The molecule has 4 rings (SSSR count). The Labute approximate surface area is 176 Å². The van der Waals surface area contributed by atoms with Gasteiger partial charge in [-0.25, -0.2) is 13.4 Å². The third kappa shape index (κ3) is 4.04. The van der Waals surface area contributed by atoms with Gasteiger partial charge in [-0.2, -0.15) is 0 Å².